The average molecular weight is 334 g/mol. The number of hydrogen-bond donors (Lipinski definition) is 1. The number of nitrogens with zero attached hydrogens (tertiary/aromatic N) is 1. The fourth-order valence-electron chi connectivity index (χ4n) is 2.67. The van der Waals surface area contributed by atoms with Crippen LogP contribution in [0.3, 0.4) is 0 Å². The quantitative estimate of drug-likeness (QED) is 0.718. The van der Waals surface area contributed by atoms with Crippen LogP contribution in [0.15, 0.2) is 54.6 Å². The molecule has 2 aromatic carbocycles. The molecule has 1 saturated carbocycles. The van der Waals surface area contributed by atoms with Gasteiger partial charge in [0, 0.05) is 27.6 Å². The molecule has 1 aliphatic rings. The molecule has 1 aromatic heterocycles. The molecule has 1 aliphatic carbocycles. The van der Waals surface area contributed by atoms with E-state index in [-0.39, 0.29) is 11.8 Å². The van der Waals surface area contributed by atoms with E-state index in [9.17, 15) is 4.79 Å². The lowest BCUT2D eigenvalue weighted by molar-refractivity contribution is -0.117. The van der Waals surface area contributed by atoms with Gasteiger partial charge in [0.05, 0.1) is 5.69 Å². The van der Waals surface area contributed by atoms with Gasteiger partial charge in [0.1, 0.15) is 5.01 Å². The normalized spacial score (nSPS) is 13.7. The number of carbonyl (C=O) groups excluding carboxylic acids is 1. The molecular weight excluding hydrogens is 316 g/mol. The van der Waals surface area contributed by atoms with Crippen LogP contribution >= 0.6 is 11.3 Å². The predicted octanol–water partition coefficient (Wildman–Crippen LogP) is 5.13. The number of aromatic nitrogens is 1. The van der Waals surface area contributed by atoms with E-state index in [2.05, 4.69) is 24.4 Å². The van der Waals surface area contributed by atoms with Gasteiger partial charge in [-0.15, -0.1) is 11.3 Å². The molecule has 3 aromatic rings. The second kappa shape index (κ2) is 6.21. The van der Waals surface area contributed by atoms with Crippen LogP contribution in [0.2, 0.25) is 0 Å². The van der Waals surface area contributed by atoms with Gasteiger partial charge in [-0.2, -0.15) is 0 Å². The maximum absolute atomic E-state index is 11.8. The molecule has 0 saturated heterocycles. The minimum Gasteiger partial charge on any atom is -0.326 e. The smallest absolute Gasteiger partial charge is 0.227 e. The molecule has 0 aliphatic heterocycles. The van der Waals surface area contributed by atoms with E-state index >= 15 is 0 Å². The van der Waals surface area contributed by atoms with Gasteiger partial charge in [0.15, 0.2) is 0 Å². The number of amides is 1. The molecule has 24 heavy (non-hydrogen) atoms. The van der Waals surface area contributed by atoms with E-state index in [1.807, 2.05) is 42.5 Å². The lowest BCUT2D eigenvalue weighted by Gasteiger charge is -2.05. The first-order valence-electron chi connectivity index (χ1n) is 8.15. The first-order chi connectivity index (χ1) is 11.7. The molecule has 4 rings (SSSR count). The third-order valence-electron chi connectivity index (χ3n) is 4.19. The zero-order valence-electron chi connectivity index (χ0n) is 13.5. The van der Waals surface area contributed by atoms with Crippen LogP contribution in [0.4, 0.5) is 5.69 Å². The molecule has 0 atom stereocenters. The zero-order chi connectivity index (χ0) is 16.5. The molecule has 3 nitrogen and oxygen atoms in total. The first-order valence-corrected chi connectivity index (χ1v) is 8.96. The summed E-state index contributed by atoms with van der Waals surface area (Å²) >= 11 is 1.71. The van der Waals surface area contributed by atoms with Gasteiger partial charge in [-0.05, 0) is 31.9 Å². The van der Waals surface area contributed by atoms with Crippen molar-refractivity contribution in [1.82, 2.24) is 4.98 Å². The summed E-state index contributed by atoms with van der Waals surface area (Å²) in [6.07, 6.45) is 2.04. The number of nitrogens with one attached hydrogen (secondary N) is 1. The summed E-state index contributed by atoms with van der Waals surface area (Å²) < 4.78 is 0. The molecule has 4 heteroatoms. The summed E-state index contributed by atoms with van der Waals surface area (Å²) in [4.78, 5) is 17.8. The highest BCUT2D eigenvalue weighted by Gasteiger charge is 2.29. The standard InChI is InChI=1S/C20H18N2OS/c1-13-18(22-20(24-13)16-5-3-2-4-6-16)14-9-11-17(12-10-14)21-19(23)15-7-8-15/h2-6,9-12,15H,7-8H2,1H3,(H,21,23). The number of benzene rings is 2. The summed E-state index contributed by atoms with van der Waals surface area (Å²) in [5.41, 5.74) is 4.09. The molecule has 120 valence electrons. The first kappa shape index (κ1) is 15.1. The Labute approximate surface area is 145 Å². The molecular formula is C20H18N2OS. The summed E-state index contributed by atoms with van der Waals surface area (Å²) in [6, 6.07) is 18.2. The fraction of sp³-hybridized carbons (Fsp3) is 0.200. The molecule has 0 radical (unpaired) electrons. The van der Waals surface area contributed by atoms with E-state index in [1.54, 1.807) is 11.3 Å². The summed E-state index contributed by atoms with van der Waals surface area (Å²) in [5, 5.41) is 4.01. The van der Waals surface area contributed by atoms with Gasteiger partial charge in [-0.1, -0.05) is 42.5 Å². The van der Waals surface area contributed by atoms with Gasteiger partial charge in [0.2, 0.25) is 5.91 Å². The Bertz CT molecular complexity index is 864. The van der Waals surface area contributed by atoms with Crippen LogP contribution < -0.4 is 5.32 Å². The molecule has 0 bridgehead atoms. The van der Waals surface area contributed by atoms with Crippen LogP contribution in [0, 0.1) is 12.8 Å². The lowest BCUT2D eigenvalue weighted by Crippen LogP contribution is -2.12. The maximum Gasteiger partial charge on any atom is 0.227 e. The second-order valence-electron chi connectivity index (χ2n) is 6.13. The SMILES string of the molecule is Cc1sc(-c2ccccc2)nc1-c1ccc(NC(=O)C2CC2)cc1. The largest absolute Gasteiger partial charge is 0.326 e. The Morgan fingerprint density at radius 1 is 1.04 bits per heavy atom. The van der Waals surface area contributed by atoms with Crippen molar-refractivity contribution in [3.05, 3.63) is 59.5 Å². The number of aryl methyl sites for hydroxylation is 1. The minimum atomic E-state index is 0.138. The Morgan fingerprint density at radius 3 is 2.42 bits per heavy atom. The van der Waals surface area contributed by atoms with E-state index in [1.165, 1.54) is 4.88 Å². The van der Waals surface area contributed by atoms with Gasteiger partial charge in [-0.3, -0.25) is 4.79 Å². The van der Waals surface area contributed by atoms with Gasteiger partial charge in [-0.25, -0.2) is 4.98 Å². The van der Waals surface area contributed by atoms with Gasteiger partial charge >= 0.3 is 0 Å². The van der Waals surface area contributed by atoms with Crippen molar-refractivity contribution >= 4 is 22.9 Å². The number of rotatable bonds is 4. The van der Waals surface area contributed by atoms with Crippen molar-refractivity contribution in [3.63, 3.8) is 0 Å². The molecule has 1 amide bonds. The van der Waals surface area contributed by atoms with Gasteiger partial charge < -0.3 is 5.32 Å². The minimum absolute atomic E-state index is 0.138. The number of thiazole rings is 1. The highest BCUT2D eigenvalue weighted by Crippen LogP contribution is 2.34. The third-order valence-corrected chi connectivity index (χ3v) is 5.21. The molecule has 0 spiro atoms. The van der Waals surface area contributed by atoms with Crippen molar-refractivity contribution in [2.75, 3.05) is 5.32 Å². The Hall–Kier alpha value is -2.46. The van der Waals surface area contributed by atoms with Crippen LogP contribution in [0.1, 0.15) is 17.7 Å². The van der Waals surface area contributed by atoms with Crippen LogP contribution in [-0.2, 0) is 4.79 Å². The van der Waals surface area contributed by atoms with Crippen LogP contribution in [0.25, 0.3) is 21.8 Å². The fourth-order valence-corrected chi connectivity index (χ4v) is 3.61. The van der Waals surface area contributed by atoms with Crippen molar-refractivity contribution in [1.29, 1.82) is 0 Å². The Balaban J connectivity index is 1.57. The zero-order valence-corrected chi connectivity index (χ0v) is 14.3. The summed E-state index contributed by atoms with van der Waals surface area (Å²) in [6.45, 7) is 2.10. The molecule has 1 N–H and O–H groups in total. The average Bonchev–Trinajstić information content (AvgIpc) is 3.39. The Kier molecular flexibility index (Phi) is 3.90. The maximum atomic E-state index is 11.8. The lowest BCUT2D eigenvalue weighted by atomic mass is 10.1. The van der Waals surface area contributed by atoms with Crippen molar-refractivity contribution in [2.45, 2.75) is 19.8 Å². The topological polar surface area (TPSA) is 42.0 Å². The molecule has 1 heterocycles. The van der Waals surface area contributed by atoms with E-state index in [0.29, 0.717) is 0 Å². The van der Waals surface area contributed by atoms with E-state index in [4.69, 9.17) is 4.98 Å². The third kappa shape index (κ3) is 3.10. The molecule has 1 fully saturated rings. The monoisotopic (exact) mass is 334 g/mol. The van der Waals surface area contributed by atoms with Gasteiger partial charge in [0.25, 0.3) is 0 Å². The summed E-state index contributed by atoms with van der Waals surface area (Å²) in [7, 11) is 0. The van der Waals surface area contributed by atoms with Crippen molar-refractivity contribution in [2.24, 2.45) is 5.92 Å². The number of hydrogen-bond acceptors (Lipinski definition) is 3. The number of anilines is 1. The van der Waals surface area contributed by atoms with Crippen LogP contribution in [-0.4, -0.2) is 10.9 Å². The Morgan fingerprint density at radius 2 is 1.75 bits per heavy atom. The van der Waals surface area contributed by atoms with Crippen LogP contribution in [0.5, 0.6) is 0 Å². The molecule has 0 unspecified atom stereocenters. The number of carbonyl (C=O) groups is 1. The van der Waals surface area contributed by atoms with Crippen molar-refractivity contribution in [3.8, 4) is 21.8 Å². The van der Waals surface area contributed by atoms with Crippen molar-refractivity contribution < 1.29 is 4.79 Å². The highest BCUT2D eigenvalue weighted by atomic mass is 32.1. The second-order valence-corrected chi connectivity index (χ2v) is 7.33. The predicted molar refractivity (Wildman–Crippen MR) is 99.1 cm³/mol. The summed E-state index contributed by atoms with van der Waals surface area (Å²) in [5.74, 6) is 0.359. The van der Waals surface area contributed by atoms with E-state index < -0.39 is 0 Å². The van der Waals surface area contributed by atoms with E-state index in [0.717, 1.165) is 40.4 Å². The highest BCUT2D eigenvalue weighted by molar-refractivity contribution is 7.15.